The van der Waals surface area contributed by atoms with E-state index in [1.54, 1.807) is 12.1 Å². The number of sulfonamides is 1. The fraction of sp³-hybridized carbons (Fsp3) is 0.571. The molecule has 19 heavy (non-hydrogen) atoms. The summed E-state index contributed by atoms with van der Waals surface area (Å²) in [6.45, 7) is 3.11. The molecule has 1 aromatic carbocycles. The molecule has 0 bridgehead atoms. The van der Waals surface area contributed by atoms with Crippen LogP contribution in [-0.2, 0) is 10.0 Å². The van der Waals surface area contributed by atoms with Gasteiger partial charge in [-0.05, 0) is 43.5 Å². The maximum absolute atomic E-state index is 11.2. The fourth-order valence-electron chi connectivity index (χ4n) is 2.35. The van der Waals surface area contributed by atoms with Crippen LogP contribution in [0.1, 0.15) is 44.2 Å². The van der Waals surface area contributed by atoms with Crippen molar-refractivity contribution in [1.82, 2.24) is 5.32 Å². The van der Waals surface area contributed by atoms with Crippen molar-refractivity contribution in [2.45, 2.75) is 43.5 Å². The first kappa shape index (κ1) is 14.5. The van der Waals surface area contributed by atoms with Crippen LogP contribution in [0.25, 0.3) is 0 Å². The highest BCUT2D eigenvalue weighted by atomic mass is 32.2. The first-order valence-corrected chi connectivity index (χ1v) is 8.37. The van der Waals surface area contributed by atoms with Crippen LogP contribution < -0.4 is 10.5 Å². The van der Waals surface area contributed by atoms with E-state index in [2.05, 4.69) is 12.2 Å². The molecule has 1 fully saturated rings. The summed E-state index contributed by atoms with van der Waals surface area (Å²) in [6.07, 6.45) is 5.37. The van der Waals surface area contributed by atoms with Crippen LogP contribution in [0.2, 0.25) is 0 Å². The minimum Gasteiger partial charge on any atom is -0.310 e. The number of nitrogens with two attached hydrogens (primary N) is 1. The van der Waals surface area contributed by atoms with E-state index in [1.807, 2.05) is 12.1 Å². The van der Waals surface area contributed by atoms with Crippen molar-refractivity contribution in [3.05, 3.63) is 29.8 Å². The van der Waals surface area contributed by atoms with Crippen LogP contribution in [0, 0.1) is 5.92 Å². The largest absolute Gasteiger partial charge is 0.310 e. The van der Waals surface area contributed by atoms with Crippen LogP contribution >= 0.6 is 0 Å². The van der Waals surface area contributed by atoms with Gasteiger partial charge in [0.2, 0.25) is 10.0 Å². The van der Waals surface area contributed by atoms with Crippen molar-refractivity contribution < 1.29 is 8.42 Å². The van der Waals surface area contributed by atoms with E-state index in [0.717, 1.165) is 18.0 Å². The third-order valence-electron chi connectivity index (χ3n) is 3.94. The monoisotopic (exact) mass is 282 g/mol. The Hall–Kier alpha value is -0.910. The second-order valence-electron chi connectivity index (χ2n) is 5.38. The number of hydrogen-bond acceptors (Lipinski definition) is 3. The van der Waals surface area contributed by atoms with Gasteiger partial charge in [-0.25, -0.2) is 13.6 Å². The van der Waals surface area contributed by atoms with Crippen molar-refractivity contribution in [1.29, 1.82) is 0 Å². The number of hydrogen-bond donors (Lipinski definition) is 2. The lowest BCUT2D eigenvalue weighted by Gasteiger charge is -2.26. The van der Waals surface area contributed by atoms with Crippen molar-refractivity contribution in [3.63, 3.8) is 0 Å². The first-order valence-electron chi connectivity index (χ1n) is 6.83. The highest BCUT2D eigenvalue weighted by Crippen LogP contribution is 2.29. The molecule has 1 aliphatic rings. The lowest BCUT2D eigenvalue weighted by molar-refractivity contribution is 0.288. The maximum atomic E-state index is 11.2. The molecule has 0 spiro atoms. The normalized spacial score (nSPS) is 18.0. The van der Waals surface area contributed by atoms with Gasteiger partial charge < -0.3 is 5.32 Å². The standard InChI is InChI=1S/C14H22N2O2S/c1-11(16-10-9-12-3-2-4-12)13-5-7-14(8-6-13)19(15,17)18/h5-8,11-12,16H,2-4,9-10H2,1H3,(H2,15,17,18). The molecule has 1 aliphatic carbocycles. The fourth-order valence-corrected chi connectivity index (χ4v) is 2.86. The minimum absolute atomic E-state index is 0.165. The summed E-state index contributed by atoms with van der Waals surface area (Å²) in [5.74, 6) is 0.907. The molecule has 106 valence electrons. The summed E-state index contributed by atoms with van der Waals surface area (Å²) in [4.78, 5) is 0.165. The smallest absolute Gasteiger partial charge is 0.238 e. The molecule has 5 heteroatoms. The third-order valence-corrected chi connectivity index (χ3v) is 4.87. The Balaban J connectivity index is 1.86. The van der Waals surface area contributed by atoms with Gasteiger partial charge >= 0.3 is 0 Å². The number of rotatable bonds is 6. The van der Waals surface area contributed by atoms with Gasteiger partial charge in [0.05, 0.1) is 4.90 Å². The lowest BCUT2D eigenvalue weighted by Crippen LogP contribution is -2.24. The molecular weight excluding hydrogens is 260 g/mol. The zero-order valence-corrected chi connectivity index (χ0v) is 12.1. The number of benzene rings is 1. The molecular formula is C14H22N2O2S. The van der Waals surface area contributed by atoms with Crippen molar-refractivity contribution in [2.24, 2.45) is 11.1 Å². The molecule has 1 unspecified atom stereocenters. The zero-order valence-electron chi connectivity index (χ0n) is 11.3. The van der Waals surface area contributed by atoms with Gasteiger partial charge in [0.15, 0.2) is 0 Å². The molecule has 2 rings (SSSR count). The van der Waals surface area contributed by atoms with E-state index in [0.29, 0.717) is 0 Å². The first-order chi connectivity index (χ1) is 8.97. The van der Waals surface area contributed by atoms with Gasteiger partial charge in [-0.1, -0.05) is 31.4 Å². The molecule has 4 nitrogen and oxygen atoms in total. The van der Waals surface area contributed by atoms with E-state index in [1.165, 1.54) is 25.7 Å². The molecule has 1 aromatic rings. The molecule has 3 N–H and O–H groups in total. The molecule has 1 saturated carbocycles. The quantitative estimate of drug-likeness (QED) is 0.840. The van der Waals surface area contributed by atoms with Crippen molar-refractivity contribution >= 4 is 10.0 Å². The third kappa shape index (κ3) is 4.03. The Morgan fingerprint density at radius 3 is 2.42 bits per heavy atom. The van der Waals surface area contributed by atoms with Crippen LogP contribution in [0.5, 0.6) is 0 Å². The van der Waals surface area contributed by atoms with Crippen LogP contribution in [0.3, 0.4) is 0 Å². The van der Waals surface area contributed by atoms with E-state index in [4.69, 9.17) is 5.14 Å². The Morgan fingerprint density at radius 2 is 1.95 bits per heavy atom. The summed E-state index contributed by atoms with van der Waals surface area (Å²) >= 11 is 0. The van der Waals surface area contributed by atoms with E-state index in [-0.39, 0.29) is 10.9 Å². The molecule has 0 saturated heterocycles. The highest BCUT2D eigenvalue weighted by molar-refractivity contribution is 7.89. The van der Waals surface area contributed by atoms with Gasteiger partial charge in [0.1, 0.15) is 0 Å². The summed E-state index contributed by atoms with van der Waals surface area (Å²) < 4.78 is 22.3. The Bertz CT molecular complexity index is 507. The van der Waals surface area contributed by atoms with Gasteiger partial charge in [-0.3, -0.25) is 0 Å². The van der Waals surface area contributed by atoms with Crippen LogP contribution in [0.4, 0.5) is 0 Å². The Kier molecular flexibility index (Phi) is 4.60. The molecule has 0 amide bonds. The molecule has 0 heterocycles. The predicted octanol–water partition coefficient (Wildman–Crippen LogP) is 2.17. The summed E-state index contributed by atoms with van der Waals surface area (Å²) in [5, 5.41) is 8.55. The van der Waals surface area contributed by atoms with Gasteiger partial charge in [-0.15, -0.1) is 0 Å². The molecule has 1 atom stereocenters. The minimum atomic E-state index is -3.59. The second kappa shape index (κ2) is 6.03. The highest BCUT2D eigenvalue weighted by Gasteiger charge is 2.17. The predicted molar refractivity (Wildman–Crippen MR) is 76.2 cm³/mol. The zero-order chi connectivity index (χ0) is 13.9. The van der Waals surface area contributed by atoms with Gasteiger partial charge in [-0.2, -0.15) is 0 Å². The number of primary sulfonamides is 1. The van der Waals surface area contributed by atoms with E-state index in [9.17, 15) is 8.42 Å². The summed E-state index contributed by atoms with van der Waals surface area (Å²) in [5.41, 5.74) is 1.08. The van der Waals surface area contributed by atoms with Crippen molar-refractivity contribution in [3.8, 4) is 0 Å². The topological polar surface area (TPSA) is 72.2 Å². The summed E-state index contributed by atoms with van der Waals surface area (Å²) in [6, 6.07) is 7.00. The average molecular weight is 282 g/mol. The Morgan fingerprint density at radius 1 is 1.32 bits per heavy atom. The SMILES string of the molecule is CC(NCCC1CCC1)c1ccc(S(N)(=O)=O)cc1. The molecule has 0 aliphatic heterocycles. The lowest BCUT2D eigenvalue weighted by atomic mass is 9.83. The maximum Gasteiger partial charge on any atom is 0.238 e. The van der Waals surface area contributed by atoms with Gasteiger partial charge in [0, 0.05) is 6.04 Å². The van der Waals surface area contributed by atoms with E-state index >= 15 is 0 Å². The van der Waals surface area contributed by atoms with Crippen LogP contribution in [-0.4, -0.2) is 15.0 Å². The van der Waals surface area contributed by atoms with Gasteiger partial charge in [0.25, 0.3) is 0 Å². The second-order valence-corrected chi connectivity index (χ2v) is 6.94. The average Bonchev–Trinajstić information content (AvgIpc) is 2.31. The van der Waals surface area contributed by atoms with Crippen molar-refractivity contribution in [2.75, 3.05) is 6.54 Å². The van der Waals surface area contributed by atoms with Crippen LogP contribution in [0.15, 0.2) is 29.2 Å². The summed E-state index contributed by atoms with van der Waals surface area (Å²) in [7, 11) is -3.59. The van der Waals surface area contributed by atoms with E-state index < -0.39 is 10.0 Å². The Labute approximate surface area is 115 Å². The molecule has 0 aromatic heterocycles. The molecule has 0 radical (unpaired) electrons. The number of nitrogens with one attached hydrogen (secondary N) is 1.